The lowest BCUT2D eigenvalue weighted by atomic mass is 9.96. The highest BCUT2D eigenvalue weighted by Gasteiger charge is 2.42. The van der Waals surface area contributed by atoms with Crippen LogP contribution in [0.15, 0.2) is 35.6 Å². The third kappa shape index (κ3) is 2.35. The predicted molar refractivity (Wildman–Crippen MR) is 75.0 cm³/mol. The molecule has 1 unspecified atom stereocenters. The van der Waals surface area contributed by atoms with Gasteiger partial charge in [0.1, 0.15) is 5.82 Å². The molecule has 1 aromatic carbocycles. The first kappa shape index (κ1) is 14.7. The van der Waals surface area contributed by atoms with Crippen LogP contribution < -0.4 is 0 Å². The Labute approximate surface area is 124 Å². The molecule has 1 amide bonds. The van der Waals surface area contributed by atoms with E-state index in [9.17, 15) is 19.1 Å². The minimum atomic E-state index is -0.876. The molecule has 6 heteroatoms. The molecule has 106 valence electrons. The predicted octanol–water partition coefficient (Wildman–Crippen LogP) is 2.51. The highest BCUT2D eigenvalue weighted by Crippen LogP contribution is 2.38. The van der Waals surface area contributed by atoms with Crippen molar-refractivity contribution in [3.8, 4) is 0 Å². The number of Topliss-reactive ketones (excluding diaryl/α,β-unsaturated/α-hetero) is 1. The SMILES string of the molecule is CC(=O)C1=C(O)C(=O)N(CCBr)C1c1ccccc1F. The summed E-state index contributed by atoms with van der Waals surface area (Å²) in [5.74, 6) is -2.20. The van der Waals surface area contributed by atoms with Gasteiger partial charge in [0.15, 0.2) is 11.5 Å². The highest BCUT2D eigenvalue weighted by molar-refractivity contribution is 9.09. The van der Waals surface area contributed by atoms with Gasteiger partial charge in [-0.05, 0) is 13.0 Å². The summed E-state index contributed by atoms with van der Waals surface area (Å²) < 4.78 is 14.0. The number of rotatable bonds is 4. The second-order valence-electron chi connectivity index (χ2n) is 4.43. The lowest BCUT2D eigenvalue weighted by Crippen LogP contribution is -2.33. The van der Waals surface area contributed by atoms with Gasteiger partial charge >= 0.3 is 0 Å². The van der Waals surface area contributed by atoms with Crippen molar-refractivity contribution in [1.29, 1.82) is 0 Å². The van der Waals surface area contributed by atoms with Crippen LogP contribution in [0.2, 0.25) is 0 Å². The van der Waals surface area contributed by atoms with E-state index in [0.717, 1.165) is 0 Å². The molecule has 4 nitrogen and oxygen atoms in total. The van der Waals surface area contributed by atoms with Gasteiger partial charge in [0.25, 0.3) is 5.91 Å². The van der Waals surface area contributed by atoms with Crippen LogP contribution in [0, 0.1) is 5.82 Å². The Hall–Kier alpha value is -1.69. The quantitative estimate of drug-likeness (QED) is 0.856. The first-order chi connectivity index (χ1) is 9.49. The molecule has 1 aliphatic heterocycles. The van der Waals surface area contributed by atoms with Gasteiger partial charge in [-0.15, -0.1) is 0 Å². The zero-order valence-corrected chi connectivity index (χ0v) is 12.4. The number of halogens is 2. The van der Waals surface area contributed by atoms with Crippen LogP contribution in [0.25, 0.3) is 0 Å². The zero-order chi connectivity index (χ0) is 14.9. The van der Waals surface area contributed by atoms with Gasteiger partial charge in [-0.2, -0.15) is 0 Å². The van der Waals surface area contributed by atoms with Crippen molar-refractivity contribution in [2.45, 2.75) is 13.0 Å². The van der Waals surface area contributed by atoms with Gasteiger partial charge in [-0.25, -0.2) is 4.39 Å². The third-order valence-electron chi connectivity index (χ3n) is 3.21. The van der Waals surface area contributed by atoms with Crippen molar-refractivity contribution in [3.63, 3.8) is 0 Å². The van der Waals surface area contributed by atoms with Crippen LogP contribution in [0.5, 0.6) is 0 Å². The van der Waals surface area contributed by atoms with Crippen molar-refractivity contribution in [2.24, 2.45) is 0 Å². The smallest absolute Gasteiger partial charge is 0.290 e. The standard InChI is InChI=1S/C14H13BrFNO3/c1-8(18)11-12(9-4-2-3-5-10(9)16)17(7-6-15)14(20)13(11)19/h2-5,12,19H,6-7H2,1H3. The van der Waals surface area contributed by atoms with Crippen LogP contribution in [-0.2, 0) is 9.59 Å². The first-order valence-electron chi connectivity index (χ1n) is 6.04. The number of nitrogens with zero attached hydrogens (tertiary/aromatic N) is 1. The molecule has 1 heterocycles. The monoisotopic (exact) mass is 341 g/mol. The molecule has 1 N–H and O–H groups in total. The Bertz CT molecular complexity index is 600. The number of hydrogen-bond acceptors (Lipinski definition) is 3. The van der Waals surface area contributed by atoms with Crippen LogP contribution in [0.1, 0.15) is 18.5 Å². The number of carbonyl (C=O) groups excluding carboxylic acids is 2. The molecule has 0 aliphatic carbocycles. The number of carbonyl (C=O) groups is 2. The number of aliphatic hydroxyl groups is 1. The van der Waals surface area contributed by atoms with E-state index >= 15 is 0 Å². The number of alkyl halides is 1. The summed E-state index contributed by atoms with van der Waals surface area (Å²) in [4.78, 5) is 25.0. The molecule has 0 radical (unpaired) electrons. The Morgan fingerprint density at radius 1 is 1.45 bits per heavy atom. The Balaban J connectivity index is 2.58. The van der Waals surface area contributed by atoms with Gasteiger partial charge in [-0.1, -0.05) is 34.1 Å². The minimum absolute atomic E-state index is 0.0546. The van der Waals surface area contributed by atoms with Gasteiger partial charge in [0, 0.05) is 17.4 Å². The van der Waals surface area contributed by atoms with Gasteiger partial charge in [0.2, 0.25) is 0 Å². The molecular formula is C14H13BrFNO3. The van der Waals surface area contributed by atoms with Gasteiger partial charge < -0.3 is 10.0 Å². The first-order valence-corrected chi connectivity index (χ1v) is 7.16. The molecule has 0 saturated heterocycles. The molecule has 1 aromatic rings. The highest BCUT2D eigenvalue weighted by atomic mass is 79.9. The molecule has 0 fully saturated rings. The minimum Gasteiger partial charge on any atom is -0.503 e. The number of amides is 1. The number of aliphatic hydroxyl groups excluding tert-OH is 1. The maximum atomic E-state index is 14.0. The van der Waals surface area contributed by atoms with E-state index in [2.05, 4.69) is 15.9 Å². The topological polar surface area (TPSA) is 57.6 Å². The molecule has 20 heavy (non-hydrogen) atoms. The average molecular weight is 342 g/mol. The third-order valence-corrected chi connectivity index (χ3v) is 3.56. The van der Waals surface area contributed by atoms with E-state index in [0.29, 0.717) is 5.33 Å². The van der Waals surface area contributed by atoms with E-state index in [4.69, 9.17) is 0 Å². The summed E-state index contributed by atoms with van der Waals surface area (Å²) in [5, 5.41) is 10.3. The van der Waals surface area contributed by atoms with E-state index in [1.165, 1.54) is 30.0 Å². The van der Waals surface area contributed by atoms with E-state index in [-0.39, 0.29) is 17.7 Å². The summed E-state index contributed by atoms with van der Waals surface area (Å²) in [6, 6.07) is 5.05. The summed E-state index contributed by atoms with van der Waals surface area (Å²) in [5.41, 5.74) is 0.150. The van der Waals surface area contributed by atoms with Crippen LogP contribution in [0.4, 0.5) is 4.39 Å². The fourth-order valence-electron chi connectivity index (χ4n) is 2.36. The molecule has 2 rings (SSSR count). The van der Waals surface area contributed by atoms with Crippen molar-refractivity contribution >= 4 is 27.6 Å². The molecular weight excluding hydrogens is 329 g/mol. The Morgan fingerprint density at radius 2 is 2.10 bits per heavy atom. The molecule has 0 spiro atoms. The number of benzene rings is 1. The molecule has 1 aliphatic rings. The Kier molecular flexibility index (Phi) is 4.23. The maximum absolute atomic E-state index is 14.0. The van der Waals surface area contributed by atoms with Crippen molar-refractivity contribution in [3.05, 3.63) is 47.0 Å². The molecule has 0 saturated carbocycles. The number of hydrogen-bond donors (Lipinski definition) is 1. The zero-order valence-electron chi connectivity index (χ0n) is 10.8. The molecule has 0 bridgehead atoms. The fraction of sp³-hybridized carbons (Fsp3) is 0.286. The van der Waals surface area contributed by atoms with Crippen LogP contribution >= 0.6 is 15.9 Å². The Morgan fingerprint density at radius 3 is 2.65 bits per heavy atom. The van der Waals surface area contributed by atoms with Crippen molar-refractivity contribution in [2.75, 3.05) is 11.9 Å². The van der Waals surface area contributed by atoms with Crippen LogP contribution in [-0.4, -0.2) is 33.6 Å². The summed E-state index contributed by atoms with van der Waals surface area (Å²) in [6.45, 7) is 1.52. The summed E-state index contributed by atoms with van der Waals surface area (Å²) in [6.07, 6.45) is 0. The molecule has 1 atom stereocenters. The second kappa shape index (κ2) is 5.75. The van der Waals surface area contributed by atoms with Gasteiger partial charge in [-0.3, -0.25) is 9.59 Å². The largest absolute Gasteiger partial charge is 0.503 e. The van der Waals surface area contributed by atoms with E-state index in [1.54, 1.807) is 6.07 Å². The normalized spacial score (nSPS) is 18.9. The van der Waals surface area contributed by atoms with Crippen LogP contribution in [0.3, 0.4) is 0 Å². The fourth-order valence-corrected chi connectivity index (χ4v) is 2.74. The van der Waals surface area contributed by atoms with Crippen molar-refractivity contribution in [1.82, 2.24) is 4.90 Å². The average Bonchev–Trinajstić information content (AvgIpc) is 2.65. The molecule has 0 aromatic heterocycles. The lowest BCUT2D eigenvalue weighted by molar-refractivity contribution is -0.129. The second-order valence-corrected chi connectivity index (χ2v) is 5.22. The summed E-state index contributed by atoms with van der Waals surface area (Å²) >= 11 is 3.21. The van der Waals surface area contributed by atoms with Gasteiger partial charge in [0.05, 0.1) is 11.6 Å². The van der Waals surface area contributed by atoms with Crippen molar-refractivity contribution < 1.29 is 19.1 Å². The lowest BCUT2D eigenvalue weighted by Gasteiger charge is -2.26. The number of ketones is 1. The van der Waals surface area contributed by atoms with E-state index < -0.39 is 29.3 Å². The maximum Gasteiger partial charge on any atom is 0.290 e. The summed E-state index contributed by atoms with van der Waals surface area (Å²) in [7, 11) is 0. The van der Waals surface area contributed by atoms with E-state index in [1.807, 2.05) is 0 Å².